The fraction of sp³-hybridized carbons (Fsp3) is 0.444. The molecule has 0 bridgehead atoms. The number of benzene rings is 2. The molecule has 4 amide bonds. The highest BCUT2D eigenvalue weighted by Crippen LogP contribution is 2.27. The number of para-hydroxylation sites is 1. The van der Waals surface area contributed by atoms with E-state index in [1.807, 2.05) is 39.8 Å². The van der Waals surface area contributed by atoms with Gasteiger partial charge in [-0.2, -0.15) is 0 Å². The van der Waals surface area contributed by atoms with E-state index in [1.165, 1.54) is 12.1 Å². The number of amides is 4. The minimum atomic E-state index is -0.482. The lowest BCUT2D eigenvalue weighted by atomic mass is 10.1. The normalized spacial score (nSPS) is 13.5. The van der Waals surface area contributed by atoms with Crippen LogP contribution in [0.1, 0.15) is 44.5 Å². The van der Waals surface area contributed by atoms with Gasteiger partial charge in [0.05, 0.1) is 11.3 Å². The molecule has 0 radical (unpaired) electrons. The van der Waals surface area contributed by atoms with Gasteiger partial charge in [-0.15, -0.1) is 0 Å². The Morgan fingerprint density at radius 1 is 0.972 bits per heavy atom. The fourth-order valence-electron chi connectivity index (χ4n) is 4.23. The standard InChI is InChI=1S/C27H36FN5O3/c1-5-31(6-2)26(35)21-18-20(29-25(34)17-19(3)4)11-12-24(21)32-13-15-33(16-14-32)27(36)30-23-10-8-7-9-22(23)28/h7-12,18-19H,5-6,13-17H2,1-4H3,(H,29,34)(H,30,36). The van der Waals surface area contributed by atoms with Gasteiger partial charge in [0, 0.05) is 57.1 Å². The summed E-state index contributed by atoms with van der Waals surface area (Å²) in [5, 5.41) is 5.53. The zero-order valence-electron chi connectivity index (χ0n) is 21.5. The molecule has 3 rings (SSSR count). The summed E-state index contributed by atoms with van der Waals surface area (Å²) in [7, 11) is 0. The molecule has 1 saturated heterocycles. The first-order valence-corrected chi connectivity index (χ1v) is 12.5. The summed E-state index contributed by atoms with van der Waals surface area (Å²) in [6.07, 6.45) is 0.401. The molecule has 0 spiro atoms. The number of carbonyl (C=O) groups is 3. The molecule has 36 heavy (non-hydrogen) atoms. The van der Waals surface area contributed by atoms with Crippen LogP contribution in [0, 0.1) is 11.7 Å². The van der Waals surface area contributed by atoms with Gasteiger partial charge >= 0.3 is 6.03 Å². The first-order valence-electron chi connectivity index (χ1n) is 12.5. The van der Waals surface area contributed by atoms with Gasteiger partial charge in [-0.1, -0.05) is 26.0 Å². The lowest BCUT2D eigenvalue weighted by Gasteiger charge is -2.37. The second-order valence-electron chi connectivity index (χ2n) is 9.24. The minimum Gasteiger partial charge on any atom is -0.367 e. The second kappa shape index (κ2) is 12.4. The molecule has 0 aromatic heterocycles. The Balaban J connectivity index is 1.76. The molecule has 0 saturated carbocycles. The van der Waals surface area contributed by atoms with Gasteiger partial charge in [-0.3, -0.25) is 9.59 Å². The number of urea groups is 1. The van der Waals surface area contributed by atoms with Crippen LogP contribution in [0.4, 0.5) is 26.2 Å². The third-order valence-corrected chi connectivity index (χ3v) is 6.18. The average Bonchev–Trinajstić information content (AvgIpc) is 2.85. The zero-order chi connectivity index (χ0) is 26.2. The van der Waals surface area contributed by atoms with Crippen molar-refractivity contribution >= 4 is 34.9 Å². The van der Waals surface area contributed by atoms with E-state index in [4.69, 9.17) is 0 Å². The maximum absolute atomic E-state index is 13.9. The van der Waals surface area contributed by atoms with Crippen LogP contribution in [0.15, 0.2) is 42.5 Å². The summed E-state index contributed by atoms with van der Waals surface area (Å²) >= 11 is 0. The number of anilines is 3. The highest BCUT2D eigenvalue weighted by atomic mass is 19.1. The predicted molar refractivity (Wildman–Crippen MR) is 141 cm³/mol. The number of carbonyl (C=O) groups excluding carboxylic acids is 3. The molecule has 0 aliphatic carbocycles. The molecule has 8 nitrogen and oxygen atoms in total. The summed E-state index contributed by atoms with van der Waals surface area (Å²) in [5.41, 5.74) is 2.02. The number of halogens is 1. The van der Waals surface area contributed by atoms with Crippen molar-refractivity contribution < 1.29 is 18.8 Å². The number of piperazine rings is 1. The summed E-state index contributed by atoms with van der Waals surface area (Å²) in [6, 6.07) is 11.1. The van der Waals surface area contributed by atoms with Crippen LogP contribution >= 0.6 is 0 Å². The van der Waals surface area contributed by atoms with E-state index >= 15 is 0 Å². The van der Waals surface area contributed by atoms with E-state index in [0.717, 1.165) is 5.69 Å². The maximum atomic E-state index is 13.9. The van der Waals surface area contributed by atoms with Crippen LogP contribution in [-0.2, 0) is 4.79 Å². The van der Waals surface area contributed by atoms with Gasteiger partial charge in [-0.05, 0) is 50.1 Å². The van der Waals surface area contributed by atoms with Gasteiger partial charge in [-0.25, -0.2) is 9.18 Å². The van der Waals surface area contributed by atoms with Gasteiger partial charge in [0.1, 0.15) is 5.82 Å². The van der Waals surface area contributed by atoms with Crippen LogP contribution in [0.2, 0.25) is 0 Å². The van der Waals surface area contributed by atoms with Crippen molar-refractivity contribution in [3.63, 3.8) is 0 Å². The van der Waals surface area contributed by atoms with Crippen LogP contribution in [-0.4, -0.2) is 66.9 Å². The molecule has 0 atom stereocenters. The van der Waals surface area contributed by atoms with Crippen molar-refractivity contribution in [2.45, 2.75) is 34.1 Å². The topological polar surface area (TPSA) is 85.0 Å². The zero-order valence-corrected chi connectivity index (χ0v) is 21.5. The molecule has 194 valence electrons. The molecule has 2 N–H and O–H groups in total. The molecular weight excluding hydrogens is 461 g/mol. The number of nitrogens with one attached hydrogen (secondary N) is 2. The molecule has 1 heterocycles. The molecule has 2 aromatic rings. The molecular formula is C27H36FN5O3. The highest BCUT2D eigenvalue weighted by Gasteiger charge is 2.26. The molecule has 2 aromatic carbocycles. The van der Waals surface area contributed by atoms with E-state index in [0.29, 0.717) is 56.9 Å². The van der Waals surface area contributed by atoms with Gasteiger partial charge in [0.2, 0.25) is 5.91 Å². The van der Waals surface area contributed by atoms with Crippen LogP contribution < -0.4 is 15.5 Å². The lowest BCUT2D eigenvalue weighted by Crippen LogP contribution is -2.50. The molecule has 1 fully saturated rings. The summed E-state index contributed by atoms with van der Waals surface area (Å²) in [4.78, 5) is 43.8. The van der Waals surface area contributed by atoms with E-state index in [2.05, 4.69) is 15.5 Å². The summed E-state index contributed by atoms with van der Waals surface area (Å²) < 4.78 is 13.9. The summed E-state index contributed by atoms with van der Waals surface area (Å²) in [6.45, 7) is 10.8. The van der Waals surface area contributed by atoms with Gasteiger partial charge in [0.25, 0.3) is 5.91 Å². The Bertz CT molecular complexity index is 1080. The fourth-order valence-corrected chi connectivity index (χ4v) is 4.23. The molecule has 1 aliphatic rings. The van der Waals surface area contributed by atoms with Crippen LogP contribution in [0.25, 0.3) is 0 Å². The van der Waals surface area contributed by atoms with Crippen LogP contribution in [0.3, 0.4) is 0 Å². The quantitative estimate of drug-likeness (QED) is 0.556. The van der Waals surface area contributed by atoms with Gasteiger partial charge < -0.3 is 25.3 Å². The van der Waals surface area contributed by atoms with Gasteiger partial charge in [0.15, 0.2) is 0 Å². The minimum absolute atomic E-state index is 0.0894. The average molecular weight is 498 g/mol. The van der Waals surface area contributed by atoms with E-state index < -0.39 is 5.82 Å². The summed E-state index contributed by atoms with van der Waals surface area (Å²) in [5.74, 6) is -0.444. The highest BCUT2D eigenvalue weighted by molar-refractivity contribution is 6.02. The third kappa shape index (κ3) is 6.74. The first-order chi connectivity index (χ1) is 17.2. The number of hydrogen-bond acceptors (Lipinski definition) is 4. The largest absolute Gasteiger partial charge is 0.367 e. The van der Waals surface area contributed by atoms with Crippen molar-refractivity contribution in [3.8, 4) is 0 Å². The van der Waals surface area contributed by atoms with Crippen molar-refractivity contribution in [1.29, 1.82) is 0 Å². The Morgan fingerprint density at radius 2 is 1.64 bits per heavy atom. The van der Waals surface area contributed by atoms with E-state index in [-0.39, 0.29) is 29.5 Å². The van der Waals surface area contributed by atoms with E-state index in [1.54, 1.807) is 28.0 Å². The molecule has 1 aliphatic heterocycles. The Labute approximate surface area is 212 Å². The molecule has 0 unspecified atom stereocenters. The predicted octanol–water partition coefficient (Wildman–Crippen LogP) is 4.65. The monoisotopic (exact) mass is 497 g/mol. The second-order valence-corrected chi connectivity index (χ2v) is 9.24. The van der Waals surface area contributed by atoms with E-state index in [9.17, 15) is 18.8 Å². The maximum Gasteiger partial charge on any atom is 0.322 e. The SMILES string of the molecule is CCN(CC)C(=O)c1cc(NC(=O)CC(C)C)ccc1N1CCN(C(=O)Nc2ccccc2F)CC1. The molecule has 9 heteroatoms. The lowest BCUT2D eigenvalue weighted by molar-refractivity contribution is -0.116. The van der Waals surface area contributed by atoms with Crippen LogP contribution in [0.5, 0.6) is 0 Å². The van der Waals surface area contributed by atoms with Crippen molar-refractivity contribution in [2.24, 2.45) is 5.92 Å². The van der Waals surface area contributed by atoms with Crippen molar-refractivity contribution in [1.82, 2.24) is 9.80 Å². The Morgan fingerprint density at radius 3 is 2.25 bits per heavy atom. The number of nitrogens with zero attached hydrogens (tertiary/aromatic N) is 3. The Kier molecular flexibility index (Phi) is 9.27. The van der Waals surface area contributed by atoms with Crippen molar-refractivity contribution in [3.05, 3.63) is 53.8 Å². The third-order valence-electron chi connectivity index (χ3n) is 6.18. The van der Waals surface area contributed by atoms with Crippen molar-refractivity contribution in [2.75, 3.05) is 54.8 Å². The smallest absolute Gasteiger partial charge is 0.322 e. The number of rotatable bonds is 8. The number of hydrogen-bond donors (Lipinski definition) is 2. The Hall–Kier alpha value is -3.62. The first kappa shape index (κ1) is 27.0.